The van der Waals surface area contributed by atoms with Gasteiger partial charge in [-0.05, 0) is 44.4 Å². The van der Waals surface area contributed by atoms with E-state index in [1.54, 1.807) is 0 Å². The first-order valence-electron chi connectivity index (χ1n) is 8.96. The van der Waals surface area contributed by atoms with Crippen molar-refractivity contribution in [1.82, 2.24) is 10.8 Å². The minimum Gasteiger partial charge on any atom is -0.481 e. The molecule has 3 N–H and O–H groups in total. The normalized spacial score (nSPS) is 40.1. The lowest BCUT2D eigenvalue weighted by Crippen LogP contribution is -2.45. The number of carboxylic acids is 1. The van der Waals surface area contributed by atoms with Gasteiger partial charge < -0.3 is 5.11 Å². The van der Waals surface area contributed by atoms with E-state index in [1.165, 1.54) is 0 Å². The third kappa shape index (κ3) is 5.06. The van der Waals surface area contributed by atoms with Crippen molar-refractivity contribution < 1.29 is 32.6 Å². The molecule has 1 saturated heterocycles. The van der Waals surface area contributed by atoms with Crippen LogP contribution in [0.15, 0.2) is 0 Å². The number of rotatable bonds is 4. The van der Waals surface area contributed by atoms with Crippen molar-refractivity contribution in [3.8, 4) is 0 Å². The summed E-state index contributed by atoms with van der Waals surface area (Å²) in [6.45, 7) is 0. The molecule has 6 unspecified atom stereocenters. The van der Waals surface area contributed by atoms with Crippen LogP contribution in [-0.4, -0.2) is 35.9 Å². The van der Waals surface area contributed by atoms with Gasteiger partial charge in [0.2, 0.25) is 0 Å². The zero-order valence-electron chi connectivity index (χ0n) is 13.9. The van der Waals surface area contributed by atoms with Crippen LogP contribution in [0.4, 0.5) is 13.2 Å². The molecule has 1 aliphatic heterocycles. The van der Waals surface area contributed by atoms with E-state index in [9.17, 15) is 23.1 Å². The minimum absolute atomic E-state index is 0.0579. The molecule has 9 heteroatoms. The van der Waals surface area contributed by atoms with Crippen LogP contribution in [0.1, 0.15) is 51.4 Å². The highest BCUT2D eigenvalue weighted by Gasteiger charge is 2.42. The van der Waals surface area contributed by atoms with Gasteiger partial charge in [-0.1, -0.05) is 12.8 Å². The van der Waals surface area contributed by atoms with E-state index >= 15 is 0 Å². The average molecular weight is 366 g/mol. The smallest absolute Gasteiger partial charge is 0.481 e. The topological polar surface area (TPSA) is 79.8 Å². The van der Waals surface area contributed by atoms with Gasteiger partial charge in [0.15, 0.2) is 0 Å². The maximum absolute atomic E-state index is 12.4. The average Bonchev–Trinajstić information content (AvgIpc) is 3.03. The number of carboxylic acid groups (broad SMARTS) is 1. The van der Waals surface area contributed by atoms with E-state index in [2.05, 4.69) is 15.5 Å². The lowest BCUT2D eigenvalue weighted by Gasteiger charge is -2.33. The number of ether oxygens (including phenoxy) is 1. The number of nitrogens with one attached hydrogen (secondary N) is 2. The van der Waals surface area contributed by atoms with Crippen LogP contribution < -0.4 is 10.8 Å². The van der Waals surface area contributed by atoms with Crippen molar-refractivity contribution in [2.24, 2.45) is 17.8 Å². The van der Waals surface area contributed by atoms with Crippen LogP contribution >= 0.6 is 0 Å². The highest BCUT2D eigenvalue weighted by molar-refractivity contribution is 5.70. The van der Waals surface area contributed by atoms with Crippen LogP contribution in [0, 0.1) is 17.8 Å². The molecule has 144 valence electrons. The summed E-state index contributed by atoms with van der Waals surface area (Å²) in [4.78, 5) is 16.8. The molecule has 3 aliphatic rings. The molecule has 0 radical (unpaired) electrons. The molecule has 3 fully saturated rings. The van der Waals surface area contributed by atoms with Gasteiger partial charge in [0.1, 0.15) is 6.23 Å². The zero-order chi connectivity index (χ0) is 18.0. The Labute approximate surface area is 144 Å². The Kier molecular flexibility index (Phi) is 5.87. The quantitative estimate of drug-likeness (QED) is 0.710. The van der Waals surface area contributed by atoms with Crippen molar-refractivity contribution in [3.05, 3.63) is 0 Å². The Balaban J connectivity index is 1.51. The van der Waals surface area contributed by atoms with E-state index in [4.69, 9.17) is 4.84 Å². The largest absolute Gasteiger partial charge is 0.522 e. The van der Waals surface area contributed by atoms with Crippen LogP contribution in [0.3, 0.4) is 0 Å². The Morgan fingerprint density at radius 2 is 1.80 bits per heavy atom. The molecule has 0 aromatic carbocycles. The van der Waals surface area contributed by atoms with Gasteiger partial charge in [0, 0.05) is 5.92 Å². The van der Waals surface area contributed by atoms with Gasteiger partial charge >= 0.3 is 12.3 Å². The van der Waals surface area contributed by atoms with Gasteiger partial charge in [-0.3, -0.25) is 19.7 Å². The number of aliphatic carboxylic acids is 1. The van der Waals surface area contributed by atoms with Crippen LogP contribution in [0.5, 0.6) is 0 Å². The first-order valence-corrected chi connectivity index (χ1v) is 8.96. The lowest BCUT2D eigenvalue weighted by atomic mass is 9.79. The predicted octanol–water partition coefficient (Wildman–Crippen LogP) is 2.75. The number of hydrogen-bond donors (Lipinski definition) is 3. The summed E-state index contributed by atoms with van der Waals surface area (Å²) < 4.78 is 41.4. The fourth-order valence-corrected chi connectivity index (χ4v) is 4.36. The third-order valence-corrected chi connectivity index (χ3v) is 5.60. The van der Waals surface area contributed by atoms with Crippen LogP contribution in [-0.2, 0) is 14.4 Å². The summed E-state index contributed by atoms with van der Waals surface area (Å²) >= 11 is 0. The van der Waals surface area contributed by atoms with Crippen molar-refractivity contribution >= 4 is 5.97 Å². The predicted molar refractivity (Wildman–Crippen MR) is 80.9 cm³/mol. The Morgan fingerprint density at radius 3 is 2.52 bits per heavy atom. The summed E-state index contributed by atoms with van der Waals surface area (Å²) in [6.07, 6.45) is -0.745. The van der Waals surface area contributed by atoms with E-state index in [0.29, 0.717) is 32.1 Å². The van der Waals surface area contributed by atoms with E-state index in [1.807, 2.05) is 0 Å². The maximum Gasteiger partial charge on any atom is 0.522 e. The van der Waals surface area contributed by atoms with Gasteiger partial charge in [-0.2, -0.15) is 5.48 Å². The Hall–Kier alpha value is -0.900. The first kappa shape index (κ1) is 18.9. The number of hydroxylamine groups is 1. The van der Waals surface area contributed by atoms with Gasteiger partial charge in [-0.15, -0.1) is 13.2 Å². The molecule has 0 amide bonds. The summed E-state index contributed by atoms with van der Waals surface area (Å²) in [7, 11) is 0. The summed E-state index contributed by atoms with van der Waals surface area (Å²) in [5, 5.41) is 12.5. The first-order chi connectivity index (χ1) is 11.8. The molecular weight excluding hydrogens is 341 g/mol. The minimum atomic E-state index is -4.61. The fraction of sp³-hybridized carbons (Fsp3) is 0.938. The van der Waals surface area contributed by atoms with E-state index in [0.717, 1.165) is 19.3 Å². The molecule has 0 aromatic rings. The Bertz CT molecular complexity index is 477. The molecule has 6 nitrogen and oxygen atoms in total. The fourth-order valence-electron chi connectivity index (χ4n) is 4.36. The highest BCUT2D eigenvalue weighted by Crippen LogP contribution is 2.36. The van der Waals surface area contributed by atoms with Gasteiger partial charge in [0.05, 0.1) is 18.2 Å². The summed E-state index contributed by atoms with van der Waals surface area (Å²) in [5.41, 5.74) is 2.93. The maximum atomic E-state index is 12.4. The molecule has 25 heavy (non-hydrogen) atoms. The number of alkyl halides is 3. The molecule has 0 spiro atoms. The zero-order valence-corrected chi connectivity index (χ0v) is 13.9. The van der Waals surface area contributed by atoms with Gasteiger partial charge in [-0.25, -0.2) is 0 Å². The monoisotopic (exact) mass is 366 g/mol. The van der Waals surface area contributed by atoms with Crippen LogP contribution in [0.2, 0.25) is 0 Å². The van der Waals surface area contributed by atoms with Crippen molar-refractivity contribution in [2.75, 3.05) is 0 Å². The Morgan fingerprint density at radius 1 is 1.08 bits per heavy atom. The number of halogens is 3. The molecular formula is C16H25F3N2O4. The highest BCUT2D eigenvalue weighted by atomic mass is 19.4. The van der Waals surface area contributed by atoms with Crippen molar-refractivity contribution in [2.45, 2.75) is 76.2 Å². The van der Waals surface area contributed by atoms with Crippen molar-refractivity contribution in [3.63, 3.8) is 0 Å². The standard InChI is InChI=1S/C16H25F3N2O4/c17-16(18,19)24-12-6-2-4-10(8-12)14-20-13(21-25-14)9-3-1-5-11(7-9)15(22)23/h9-14,20-21H,1-8H2,(H,22,23). The van der Waals surface area contributed by atoms with Crippen molar-refractivity contribution in [1.29, 1.82) is 0 Å². The van der Waals surface area contributed by atoms with E-state index < -0.39 is 18.4 Å². The lowest BCUT2D eigenvalue weighted by molar-refractivity contribution is -0.347. The molecule has 2 aliphatic carbocycles. The second kappa shape index (κ2) is 7.77. The van der Waals surface area contributed by atoms with E-state index in [-0.39, 0.29) is 30.1 Å². The molecule has 0 bridgehead atoms. The third-order valence-electron chi connectivity index (χ3n) is 5.60. The second-order valence-electron chi connectivity index (χ2n) is 7.37. The van der Waals surface area contributed by atoms with Crippen LogP contribution in [0.25, 0.3) is 0 Å². The summed E-state index contributed by atoms with van der Waals surface area (Å²) in [5.74, 6) is -1.01. The number of carbonyl (C=O) groups is 1. The van der Waals surface area contributed by atoms with Gasteiger partial charge in [0.25, 0.3) is 0 Å². The molecule has 2 saturated carbocycles. The summed E-state index contributed by atoms with van der Waals surface area (Å²) in [6, 6.07) is 0. The SMILES string of the molecule is O=C(O)C1CCCC(C2NOC(C3CCCC(OC(F)(F)F)C3)N2)C1. The number of hydrogen-bond acceptors (Lipinski definition) is 5. The molecule has 3 rings (SSSR count). The molecule has 0 aromatic heterocycles. The second-order valence-corrected chi connectivity index (χ2v) is 7.37. The molecule has 6 atom stereocenters. The molecule has 1 heterocycles.